The van der Waals surface area contributed by atoms with Gasteiger partial charge in [0.15, 0.2) is 0 Å². The zero-order valence-corrected chi connectivity index (χ0v) is 8.09. The molecule has 0 aromatic carbocycles. The van der Waals surface area contributed by atoms with Gasteiger partial charge in [0.05, 0.1) is 5.60 Å². The Morgan fingerprint density at radius 3 is 2.42 bits per heavy atom. The van der Waals surface area contributed by atoms with Crippen molar-refractivity contribution in [2.45, 2.75) is 51.7 Å². The lowest BCUT2D eigenvalue weighted by Gasteiger charge is -2.11. The molecule has 0 aromatic rings. The van der Waals surface area contributed by atoms with Gasteiger partial charge in [-0.3, -0.25) is 0 Å². The molecule has 0 amide bonds. The molecule has 0 saturated heterocycles. The van der Waals surface area contributed by atoms with Crippen LogP contribution >= 0.6 is 0 Å². The first kappa shape index (κ1) is 11.5. The monoisotopic (exact) mass is 170 g/mol. The molecule has 1 atom stereocenters. The highest BCUT2D eigenvalue weighted by molar-refractivity contribution is 5.06. The lowest BCUT2D eigenvalue weighted by molar-refractivity contribution is 0.0861. The predicted octanol–water partition coefficient (Wildman–Crippen LogP) is 1.31. The molecular weight excluding hydrogens is 152 g/mol. The average molecular weight is 170 g/mol. The third-order valence-corrected chi connectivity index (χ3v) is 1.35. The van der Waals surface area contributed by atoms with E-state index in [1.54, 1.807) is 13.8 Å². The Hall–Kier alpha value is -0.520. The highest BCUT2D eigenvalue weighted by Gasteiger charge is 2.09. The van der Waals surface area contributed by atoms with E-state index in [9.17, 15) is 10.2 Å². The molecule has 12 heavy (non-hydrogen) atoms. The van der Waals surface area contributed by atoms with E-state index in [0.29, 0.717) is 12.8 Å². The van der Waals surface area contributed by atoms with Crippen molar-refractivity contribution in [2.75, 3.05) is 0 Å². The number of rotatable bonds is 3. The van der Waals surface area contributed by atoms with Crippen LogP contribution in [0.4, 0.5) is 0 Å². The Morgan fingerprint density at radius 2 is 2.00 bits per heavy atom. The fourth-order valence-electron chi connectivity index (χ4n) is 0.731. The highest BCUT2D eigenvalue weighted by Crippen LogP contribution is 2.05. The second-order valence-electron chi connectivity index (χ2n) is 3.61. The maximum atomic E-state index is 9.28. The van der Waals surface area contributed by atoms with Crippen molar-refractivity contribution in [3.63, 3.8) is 0 Å². The van der Waals surface area contributed by atoms with E-state index in [1.807, 2.05) is 6.92 Å². The summed E-state index contributed by atoms with van der Waals surface area (Å²) in [4.78, 5) is 0. The Kier molecular flexibility index (Phi) is 4.96. The summed E-state index contributed by atoms with van der Waals surface area (Å²) in [6.07, 6.45) is 1.52. The minimum atomic E-state index is -0.751. The first-order chi connectivity index (χ1) is 5.45. The van der Waals surface area contributed by atoms with Crippen LogP contribution in [0.3, 0.4) is 0 Å². The van der Waals surface area contributed by atoms with Gasteiger partial charge in [0, 0.05) is 6.42 Å². The zero-order chi connectivity index (χ0) is 9.61. The van der Waals surface area contributed by atoms with Crippen molar-refractivity contribution in [2.24, 2.45) is 0 Å². The van der Waals surface area contributed by atoms with Gasteiger partial charge in [0.2, 0.25) is 0 Å². The van der Waals surface area contributed by atoms with E-state index in [0.717, 1.165) is 6.42 Å². The number of hydrogen-bond acceptors (Lipinski definition) is 2. The lowest BCUT2D eigenvalue weighted by Crippen LogP contribution is -2.17. The molecule has 0 heterocycles. The van der Waals surface area contributed by atoms with E-state index in [-0.39, 0.29) is 0 Å². The van der Waals surface area contributed by atoms with Crippen LogP contribution in [0.25, 0.3) is 0 Å². The topological polar surface area (TPSA) is 40.5 Å². The van der Waals surface area contributed by atoms with Crippen molar-refractivity contribution in [3.05, 3.63) is 0 Å². The SMILES string of the molecule is CCCC(O)C#CCC(C)(C)O. The van der Waals surface area contributed by atoms with Gasteiger partial charge in [-0.05, 0) is 20.3 Å². The predicted molar refractivity (Wildman–Crippen MR) is 49.6 cm³/mol. The fraction of sp³-hybridized carbons (Fsp3) is 0.800. The maximum absolute atomic E-state index is 9.28. The molecule has 0 aromatic heterocycles. The van der Waals surface area contributed by atoms with Crippen LogP contribution in [-0.2, 0) is 0 Å². The van der Waals surface area contributed by atoms with Crippen molar-refractivity contribution in [1.29, 1.82) is 0 Å². The van der Waals surface area contributed by atoms with Crippen LogP contribution in [0.1, 0.15) is 40.0 Å². The van der Waals surface area contributed by atoms with Gasteiger partial charge in [-0.1, -0.05) is 25.2 Å². The van der Waals surface area contributed by atoms with Crippen LogP contribution in [0.5, 0.6) is 0 Å². The molecule has 0 fully saturated rings. The molecule has 0 bridgehead atoms. The minimum absolute atomic E-state index is 0.410. The van der Waals surface area contributed by atoms with Gasteiger partial charge in [0.1, 0.15) is 6.10 Å². The maximum Gasteiger partial charge on any atom is 0.114 e. The van der Waals surface area contributed by atoms with Gasteiger partial charge in [-0.2, -0.15) is 0 Å². The molecule has 70 valence electrons. The Labute approximate surface area is 74.6 Å². The third-order valence-electron chi connectivity index (χ3n) is 1.35. The van der Waals surface area contributed by atoms with Crippen molar-refractivity contribution in [1.82, 2.24) is 0 Å². The van der Waals surface area contributed by atoms with E-state index < -0.39 is 11.7 Å². The van der Waals surface area contributed by atoms with E-state index >= 15 is 0 Å². The molecular formula is C10H18O2. The van der Waals surface area contributed by atoms with Crippen LogP contribution in [0.2, 0.25) is 0 Å². The molecule has 0 rings (SSSR count). The van der Waals surface area contributed by atoms with Crippen LogP contribution in [0.15, 0.2) is 0 Å². The summed E-state index contributed by atoms with van der Waals surface area (Å²) in [5.41, 5.74) is -0.751. The van der Waals surface area contributed by atoms with Crippen LogP contribution in [0, 0.1) is 11.8 Å². The normalized spacial score (nSPS) is 13.4. The molecule has 2 nitrogen and oxygen atoms in total. The second-order valence-corrected chi connectivity index (χ2v) is 3.61. The van der Waals surface area contributed by atoms with Gasteiger partial charge in [-0.25, -0.2) is 0 Å². The number of aliphatic hydroxyl groups is 2. The Morgan fingerprint density at radius 1 is 1.42 bits per heavy atom. The quantitative estimate of drug-likeness (QED) is 0.627. The summed E-state index contributed by atoms with van der Waals surface area (Å²) in [7, 11) is 0. The minimum Gasteiger partial charge on any atom is -0.389 e. The van der Waals surface area contributed by atoms with Crippen molar-refractivity contribution >= 4 is 0 Å². The molecule has 0 aliphatic rings. The van der Waals surface area contributed by atoms with Gasteiger partial charge in [0.25, 0.3) is 0 Å². The van der Waals surface area contributed by atoms with Crippen molar-refractivity contribution in [3.8, 4) is 11.8 Å². The summed E-state index contributed by atoms with van der Waals surface area (Å²) in [6, 6.07) is 0. The van der Waals surface area contributed by atoms with Crippen LogP contribution in [-0.4, -0.2) is 21.9 Å². The third kappa shape index (κ3) is 7.59. The Bertz CT molecular complexity index is 169. The van der Waals surface area contributed by atoms with E-state index in [4.69, 9.17) is 0 Å². The molecule has 0 spiro atoms. The molecule has 2 N–H and O–H groups in total. The fourth-order valence-corrected chi connectivity index (χ4v) is 0.731. The largest absolute Gasteiger partial charge is 0.389 e. The highest BCUT2D eigenvalue weighted by atomic mass is 16.3. The first-order valence-corrected chi connectivity index (χ1v) is 4.34. The first-order valence-electron chi connectivity index (χ1n) is 4.34. The van der Waals surface area contributed by atoms with Crippen LogP contribution < -0.4 is 0 Å². The summed E-state index contributed by atoms with van der Waals surface area (Å²) in [6.45, 7) is 5.41. The van der Waals surface area contributed by atoms with Crippen molar-refractivity contribution < 1.29 is 10.2 Å². The Balaban J connectivity index is 3.73. The average Bonchev–Trinajstić information content (AvgIpc) is 1.84. The summed E-state index contributed by atoms with van der Waals surface area (Å²) >= 11 is 0. The van der Waals surface area contributed by atoms with E-state index in [1.165, 1.54) is 0 Å². The zero-order valence-electron chi connectivity index (χ0n) is 8.09. The van der Waals surface area contributed by atoms with E-state index in [2.05, 4.69) is 11.8 Å². The molecule has 1 unspecified atom stereocenters. The van der Waals surface area contributed by atoms with Gasteiger partial charge in [-0.15, -0.1) is 0 Å². The summed E-state index contributed by atoms with van der Waals surface area (Å²) < 4.78 is 0. The summed E-state index contributed by atoms with van der Waals surface area (Å²) in [5.74, 6) is 5.45. The lowest BCUT2D eigenvalue weighted by atomic mass is 10.1. The molecule has 0 saturated carbocycles. The molecule has 0 aliphatic heterocycles. The molecule has 2 heteroatoms. The smallest absolute Gasteiger partial charge is 0.114 e. The molecule has 0 radical (unpaired) electrons. The van der Waals surface area contributed by atoms with Gasteiger partial charge < -0.3 is 10.2 Å². The standard InChI is InChI=1S/C10H18O2/c1-4-6-9(11)7-5-8-10(2,3)12/h9,11-12H,4,6,8H2,1-3H3. The molecule has 0 aliphatic carbocycles. The number of hydrogen-bond donors (Lipinski definition) is 2. The summed E-state index contributed by atoms with van der Waals surface area (Å²) in [5, 5.41) is 18.5. The number of aliphatic hydroxyl groups excluding tert-OH is 1. The van der Waals surface area contributed by atoms with Gasteiger partial charge >= 0.3 is 0 Å². The second kappa shape index (κ2) is 5.18.